The molecule has 1 aliphatic carbocycles. The van der Waals surface area contributed by atoms with Crippen LogP contribution in [0.2, 0.25) is 0 Å². The molecule has 0 amide bonds. The van der Waals surface area contributed by atoms with Crippen LogP contribution in [0.25, 0.3) is 11.0 Å². The molecular formula is C16H23N3O. The van der Waals surface area contributed by atoms with Crippen LogP contribution in [0.4, 0.5) is 5.95 Å². The first-order chi connectivity index (χ1) is 9.70. The quantitative estimate of drug-likeness (QED) is 0.931. The summed E-state index contributed by atoms with van der Waals surface area (Å²) in [6.45, 7) is 3.33. The van der Waals surface area contributed by atoms with Crippen molar-refractivity contribution in [1.82, 2.24) is 9.55 Å². The Balaban J connectivity index is 1.96. The highest BCUT2D eigenvalue weighted by Crippen LogP contribution is 2.33. The lowest BCUT2D eigenvalue weighted by atomic mass is 9.80. The van der Waals surface area contributed by atoms with Crippen LogP contribution >= 0.6 is 0 Å². The molecule has 1 aliphatic rings. The lowest BCUT2D eigenvalue weighted by molar-refractivity contribution is 0.231. The fourth-order valence-electron chi connectivity index (χ4n) is 3.39. The summed E-state index contributed by atoms with van der Waals surface area (Å²) >= 11 is 0. The van der Waals surface area contributed by atoms with E-state index < -0.39 is 0 Å². The van der Waals surface area contributed by atoms with Gasteiger partial charge in [-0.15, -0.1) is 0 Å². The average Bonchev–Trinajstić information content (AvgIpc) is 2.77. The first kappa shape index (κ1) is 13.3. The molecule has 108 valence electrons. The van der Waals surface area contributed by atoms with Crippen LogP contribution in [0.3, 0.4) is 0 Å². The number of para-hydroxylation sites is 1. The van der Waals surface area contributed by atoms with E-state index in [4.69, 9.17) is 10.5 Å². The standard InChI is InChI=1S/C16H23N3O/c1-11-6-3-4-7-12(11)10-19-13-8-5-9-14(20-2)15(13)18-16(19)17/h5,8-9,11-12H,3-4,6-7,10H2,1-2H3,(H2,17,18). The lowest BCUT2D eigenvalue weighted by Gasteiger charge is -2.29. The minimum Gasteiger partial charge on any atom is -0.494 e. The molecule has 20 heavy (non-hydrogen) atoms. The van der Waals surface area contributed by atoms with E-state index in [9.17, 15) is 0 Å². The first-order valence-electron chi connectivity index (χ1n) is 7.49. The van der Waals surface area contributed by atoms with Gasteiger partial charge in [0.15, 0.2) is 0 Å². The van der Waals surface area contributed by atoms with Gasteiger partial charge in [-0.1, -0.05) is 32.3 Å². The third-order valence-corrected chi connectivity index (χ3v) is 4.70. The predicted molar refractivity (Wildman–Crippen MR) is 81.8 cm³/mol. The summed E-state index contributed by atoms with van der Waals surface area (Å²) < 4.78 is 7.53. The molecule has 0 aliphatic heterocycles. The van der Waals surface area contributed by atoms with E-state index in [0.29, 0.717) is 11.9 Å². The summed E-state index contributed by atoms with van der Waals surface area (Å²) in [5, 5.41) is 0. The molecular weight excluding hydrogens is 250 g/mol. The minimum atomic E-state index is 0.599. The second-order valence-electron chi connectivity index (χ2n) is 5.93. The predicted octanol–water partition coefficient (Wildman–Crippen LogP) is 3.45. The van der Waals surface area contributed by atoms with Crippen LogP contribution < -0.4 is 10.5 Å². The molecule has 0 radical (unpaired) electrons. The van der Waals surface area contributed by atoms with E-state index in [1.165, 1.54) is 25.7 Å². The van der Waals surface area contributed by atoms with Gasteiger partial charge >= 0.3 is 0 Å². The number of nitrogen functional groups attached to an aromatic ring is 1. The molecule has 2 unspecified atom stereocenters. The van der Waals surface area contributed by atoms with E-state index in [-0.39, 0.29) is 0 Å². The van der Waals surface area contributed by atoms with Crippen molar-refractivity contribution in [2.75, 3.05) is 12.8 Å². The average molecular weight is 273 g/mol. The zero-order valence-corrected chi connectivity index (χ0v) is 12.3. The van der Waals surface area contributed by atoms with E-state index in [1.54, 1.807) is 7.11 Å². The second kappa shape index (κ2) is 5.35. The monoisotopic (exact) mass is 273 g/mol. The normalized spacial score (nSPS) is 23.1. The van der Waals surface area contributed by atoms with Crippen molar-refractivity contribution < 1.29 is 4.74 Å². The lowest BCUT2D eigenvalue weighted by Crippen LogP contribution is -2.22. The van der Waals surface area contributed by atoms with Crippen LogP contribution in [-0.2, 0) is 6.54 Å². The molecule has 0 spiro atoms. The summed E-state index contributed by atoms with van der Waals surface area (Å²) in [5.41, 5.74) is 8.09. The molecule has 2 aromatic rings. The van der Waals surface area contributed by atoms with Gasteiger partial charge in [-0.05, 0) is 30.4 Å². The molecule has 0 saturated heterocycles. The molecule has 1 aromatic carbocycles. The number of nitrogens with two attached hydrogens (primary N) is 1. The molecule has 4 heteroatoms. The number of benzene rings is 1. The van der Waals surface area contributed by atoms with E-state index in [0.717, 1.165) is 29.2 Å². The van der Waals surface area contributed by atoms with E-state index in [2.05, 4.69) is 22.5 Å². The summed E-state index contributed by atoms with van der Waals surface area (Å²) in [6, 6.07) is 6.01. The Kier molecular flexibility index (Phi) is 3.55. The molecule has 1 aromatic heterocycles. The zero-order valence-electron chi connectivity index (χ0n) is 12.3. The second-order valence-corrected chi connectivity index (χ2v) is 5.93. The van der Waals surface area contributed by atoms with Crippen molar-refractivity contribution in [2.45, 2.75) is 39.2 Å². The fraction of sp³-hybridized carbons (Fsp3) is 0.562. The fourth-order valence-corrected chi connectivity index (χ4v) is 3.39. The van der Waals surface area contributed by atoms with Gasteiger partial charge in [0.25, 0.3) is 0 Å². The number of ether oxygens (including phenoxy) is 1. The highest BCUT2D eigenvalue weighted by Gasteiger charge is 2.23. The van der Waals surface area contributed by atoms with Crippen molar-refractivity contribution in [3.8, 4) is 5.75 Å². The third kappa shape index (κ3) is 2.23. The van der Waals surface area contributed by atoms with Crippen molar-refractivity contribution in [1.29, 1.82) is 0 Å². The zero-order chi connectivity index (χ0) is 14.1. The largest absolute Gasteiger partial charge is 0.494 e. The molecule has 2 atom stereocenters. The van der Waals surface area contributed by atoms with Crippen LogP contribution in [0.1, 0.15) is 32.6 Å². The molecule has 4 nitrogen and oxygen atoms in total. The van der Waals surface area contributed by atoms with Crippen molar-refractivity contribution in [2.24, 2.45) is 11.8 Å². The Morgan fingerprint density at radius 2 is 2.15 bits per heavy atom. The molecule has 1 fully saturated rings. The van der Waals surface area contributed by atoms with Gasteiger partial charge in [0.2, 0.25) is 5.95 Å². The third-order valence-electron chi connectivity index (χ3n) is 4.70. The number of aromatic nitrogens is 2. The molecule has 2 N–H and O–H groups in total. The number of methoxy groups -OCH3 is 1. The molecule has 0 bridgehead atoms. The van der Waals surface area contributed by atoms with Crippen LogP contribution in [0.5, 0.6) is 5.75 Å². The summed E-state index contributed by atoms with van der Waals surface area (Å²) in [7, 11) is 1.67. The van der Waals surface area contributed by atoms with Crippen LogP contribution in [-0.4, -0.2) is 16.7 Å². The Morgan fingerprint density at radius 3 is 2.90 bits per heavy atom. The maximum Gasteiger partial charge on any atom is 0.201 e. The van der Waals surface area contributed by atoms with Crippen LogP contribution in [0, 0.1) is 11.8 Å². The number of rotatable bonds is 3. The smallest absolute Gasteiger partial charge is 0.201 e. The number of hydrogen-bond donors (Lipinski definition) is 1. The van der Waals surface area contributed by atoms with Crippen LogP contribution in [0.15, 0.2) is 18.2 Å². The SMILES string of the molecule is COc1cccc2c1nc(N)n2CC1CCCCC1C. The van der Waals surface area contributed by atoms with Crippen molar-refractivity contribution >= 4 is 17.0 Å². The van der Waals surface area contributed by atoms with Gasteiger partial charge in [0.1, 0.15) is 11.3 Å². The Morgan fingerprint density at radius 1 is 1.35 bits per heavy atom. The Labute approximate surface area is 119 Å². The number of hydrogen-bond acceptors (Lipinski definition) is 3. The van der Waals surface area contributed by atoms with Crippen molar-refractivity contribution in [3.05, 3.63) is 18.2 Å². The maximum absolute atomic E-state index is 6.14. The summed E-state index contributed by atoms with van der Waals surface area (Å²) in [6.07, 6.45) is 5.33. The van der Waals surface area contributed by atoms with Gasteiger partial charge in [0, 0.05) is 6.54 Å². The number of imidazole rings is 1. The van der Waals surface area contributed by atoms with Gasteiger partial charge in [0.05, 0.1) is 12.6 Å². The van der Waals surface area contributed by atoms with E-state index >= 15 is 0 Å². The first-order valence-corrected chi connectivity index (χ1v) is 7.49. The van der Waals surface area contributed by atoms with Crippen molar-refractivity contribution in [3.63, 3.8) is 0 Å². The highest BCUT2D eigenvalue weighted by atomic mass is 16.5. The van der Waals surface area contributed by atoms with Gasteiger partial charge in [-0.2, -0.15) is 0 Å². The Bertz CT molecular complexity index is 605. The minimum absolute atomic E-state index is 0.599. The highest BCUT2D eigenvalue weighted by molar-refractivity contribution is 5.84. The topological polar surface area (TPSA) is 53.1 Å². The number of anilines is 1. The summed E-state index contributed by atoms with van der Waals surface area (Å²) in [5.74, 6) is 2.87. The number of nitrogens with zero attached hydrogens (tertiary/aromatic N) is 2. The maximum atomic E-state index is 6.14. The summed E-state index contributed by atoms with van der Waals surface area (Å²) in [4.78, 5) is 4.49. The molecule has 1 heterocycles. The van der Waals surface area contributed by atoms with Gasteiger partial charge in [-0.25, -0.2) is 4.98 Å². The molecule has 1 saturated carbocycles. The van der Waals surface area contributed by atoms with Gasteiger partial charge in [-0.3, -0.25) is 0 Å². The van der Waals surface area contributed by atoms with Gasteiger partial charge < -0.3 is 15.0 Å². The number of fused-ring (bicyclic) bond motifs is 1. The Hall–Kier alpha value is -1.71. The molecule has 3 rings (SSSR count). The van der Waals surface area contributed by atoms with E-state index in [1.807, 2.05) is 12.1 Å².